The number of carbonyl (C=O) groups is 1. The fraction of sp³-hybridized carbons (Fsp3) is 0.235. The van der Waals surface area contributed by atoms with Crippen molar-refractivity contribution in [3.05, 3.63) is 64.1 Å². The number of hydrogen-bond donors (Lipinski definition) is 1. The molecule has 124 valence electrons. The summed E-state index contributed by atoms with van der Waals surface area (Å²) in [4.78, 5) is 12.1. The Hall–Kier alpha value is -2.41. The molecule has 1 aromatic carbocycles. The van der Waals surface area contributed by atoms with Gasteiger partial charge in [-0.05, 0) is 53.5 Å². The molecule has 0 bridgehead atoms. The number of benzene rings is 1. The summed E-state index contributed by atoms with van der Waals surface area (Å²) in [5.74, 6) is -0.117. The quantitative estimate of drug-likeness (QED) is 0.731. The third-order valence-corrected chi connectivity index (χ3v) is 3.96. The molecule has 24 heavy (non-hydrogen) atoms. The van der Waals surface area contributed by atoms with Gasteiger partial charge >= 0.3 is 0 Å². The van der Waals surface area contributed by atoms with E-state index in [0.717, 1.165) is 27.1 Å². The van der Waals surface area contributed by atoms with Gasteiger partial charge in [-0.25, -0.2) is 0 Å². The topological polar surface area (TPSA) is 64.7 Å². The van der Waals surface area contributed by atoms with E-state index in [1.807, 2.05) is 48.9 Å². The number of amides is 1. The molecule has 0 saturated heterocycles. The maximum Gasteiger partial charge on any atom is 0.246 e. The van der Waals surface area contributed by atoms with Crippen LogP contribution in [-0.4, -0.2) is 25.5 Å². The number of aromatic nitrogens is 4. The number of carbonyl (C=O) groups excluding carboxylic acids is 1. The highest BCUT2D eigenvalue weighted by Gasteiger charge is 2.07. The molecule has 3 aromatic rings. The van der Waals surface area contributed by atoms with Gasteiger partial charge in [-0.2, -0.15) is 10.2 Å². The van der Waals surface area contributed by atoms with Crippen LogP contribution >= 0.6 is 15.9 Å². The number of nitrogens with one attached hydrogen (secondary N) is 1. The molecule has 3 rings (SSSR count). The molecule has 0 aliphatic heterocycles. The molecule has 2 heterocycles. The molecule has 0 fully saturated rings. The number of rotatable bonds is 5. The van der Waals surface area contributed by atoms with Crippen LogP contribution in [0.1, 0.15) is 17.0 Å². The Kier molecular flexibility index (Phi) is 4.80. The molecular formula is C17H18BrN5O. The minimum absolute atomic E-state index is 0.117. The molecule has 1 amide bonds. The maximum absolute atomic E-state index is 12.1. The molecule has 0 aliphatic rings. The van der Waals surface area contributed by atoms with E-state index < -0.39 is 0 Å². The Balaban J connectivity index is 1.66. The number of halogens is 1. The van der Waals surface area contributed by atoms with Gasteiger partial charge in [0.2, 0.25) is 5.91 Å². The van der Waals surface area contributed by atoms with Gasteiger partial charge in [-0.15, -0.1) is 0 Å². The van der Waals surface area contributed by atoms with Gasteiger partial charge in [-0.3, -0.25) is 14.2 Å². The molecule has 7 heteroatoms. The minimum Gasteiger partial charge on any atom is -0.324 e. The molecule has 0 radical (unpaired) electrons. The van der Waals surface area contributed by atoms with Crippen LogP contribution in [-0.2, 0) is 17.9 Å². The number of hydrogen-bond acceptors (Lipinski definition) is 3. The molecule has 6 nitrogen and oxygen atoms in total. The van der Waals surface area contributed by atoms with E-state index in [1.165, 1.54) is 0 Å². The lowest BCUT2D eigenvalue weighted by Gasteiger charge is -2.09. The van der Waals surface area contributed by atoms with Crippen LogP contribution in [0, 0.1) is 13.8 Å². The fourth-order valence-corrected chi connectivity index (χ4v) is 2.86. The minimum atomic E-state index is -0.117. The second-order valence-corrected chi connectivity index (χ2v) is 6.61. The van der Waals surface area contributed by atoms with Gasteiger partial charge in [0.25, 0.3) is 0 Å². The largest absolute Gasteiger partial charge is 0.324 e. The van der Waals surface area contributed by atoms with Crippen LogP contribution in [0.4, 0.5) is 5.69 Å². The van der Waals surface area contributed by atoms with Crippen molar-refractivity contribution in [2.75, 3.05) is 5.32 Å². The molecule has 0 aliphatic carbocycles. The fourth-order valence-electron chi connectivity index (χ4n) is 2.53. The van der Waals surface area contributed by atoms with Crippen LogP contribution in [0.3, 0.4) is 0 Å². The zero-order chi connectivity index (χ0) is 17.1. The Morgan fingerprint density at radius 1 is 1.29 bits per heavy atom. The summed E-state index contributed by atoms with van der Waals surface area (Å²) in [6, 6.07) is 9.85. The van der Waals surface area contributed by atoms with Crippen molar-refractivity contribution in [3.8, 4) is 0 Å². The summed E-state index contributed by atoms with van der Waals surface area (Å²) in [7, 11) is 0. The van der Waals surface area contributed by atoms with Crippen LogP contribution in [0.25, 0.3) is 0 Å². The summed E-state index contributed by atoms with van der Waals surface area (Å²) >= 11 is 3.31. The van der Waals surface area contributed by atoms with E-state index in [-0.39, 0.29) is 12.5 Å². The van der Waals surface area contributed by atoms with Crippen molar-refractivity contribution in [1.82, 2.24) is 19.6 Å². The summed E-state index contributed by atoms with van der Waals surface area (Å²) in [5.41, 5.74) is 3.97. The number of anilines is 1. The number of nitrogens with zero attached hydrogens (tertiary/aromatic N) is 4. The van der Waals surface area contributed by atoms with Crippen molar-refractivity contribution in [1.29, 1.82) is 0 Å². The van der Waals surface area contributed by atoms with E-state index in [0.29, 0.717) is 6.54 Å². The van der Waals surface area contributed by atoms with Crippen molar-refractivity contribution < 1.29 is 4.79 Å². The lowest BCUT2D eigenvalue weighted by atomic mass is 10.2. The molecule has 1 N–H and O–H groups in total. The highest BCUT2D eigenvalue weighted by molar-refractivity contribution is 9.10. The summed E-state index contributed by atoms with van der Waals surface area (Å²) < 4.78 is 4.39. The van der Waals surface area contributed by atoms with Crippen molar-refractivity contribution >= 4 is 27.5 Å². The second-order valence-electron chi connectivity index (χ2n) is 5.69. The summed E-state index contributed by atoms with van der Waals surface area (Å²) in [5, 5.41) is 11.4. The SMILES string of the molecule is Cc1cc(C)n(Cc2cccc(NC(=O)Cn3cc(Br)cn3)c2)n1. The zero-order valence-corrected chi connectivity index (χ0v) is 15.1. The van der Waals surface area contributed by atoms with Gasteiger partial charge in [0.1, 0.15) is 6.54 Å². The van der Waals surface area contributed by atoms with E-state index in [9.17, 15) is 4.79 Å². The third-order valence-electron chi connectivity index (χ3n) is 3.55. The van der Waals surface area contributed by atoms with Crippen LogP contribution < -0.4 is 5.32 Å². The van der Waals surface area contributed by atoms with E-state index >= 15 is 0 Å². The van der Waals surface area contributed by atoms with Gasteiger partial charge in [0.15, 0.2) is 0 Å². The maximum atomic E-state index is 12.1. The molecule has 0 spiro atoms. The highest BCUT2D eigenvalue weighted by Crippen LogP contribution is 2.14. The first-order chi connectivity index (χ1) is 11.5. The first-order valence-corrected chi connectivity index (χ1v) is 8.37. The van der Waals surface area contributed by atoms with Gasteiger partial charge in [0, 0.05) is 17.6 Å². The van der Waals surface area contributed by atoms with Crippen LogP contribution in [0.2, 0.25) is 0 Å². The predicted molar refractivity (Wildman–Crippen MR) is 95.8 cm³/mol. The zero-order valence-electron chi connectivity index (χ0n) is 13.5. The monoisotopic (exact) mass is 387 g/mol. The predicted octanol–water partition coefficient (Wildman–Crippen LogP) is 3.15. The van der Waals surface area contributed by atoms with Gasteiger partial charge < -0.3 is 5.32 Å². The Bertz CT molecular complexity index is 868. The van der Waals surface area contributed by atoms with Gasteiger partial charge in [0.05, 0.1) is 22.9 Å². The molecule has 0 unspecified atom stereocenters. The molecule has 0 saturated carbocycles. The standard InChI is InChI=1S/C17H18BrN5O/c1-12-6-13(2)23(21-12)9-14-4-3-5-16(7-14)20-17(24)11-22-10-15(18)8-19-22/h3-8,10H,9,11H2,1-2H3,(H,20,24). The Morgan fingerprint density at radius 2 is 2.12 bits per heavy atom. The van der Waals surface area contributed by atoms with E-state index in [1.54, 1.807) is 17.1 Å². The first kappa shape index (κ1) is 16.4. The normalized spacial score (nSPS) is 10.8. The summed E-state index contributed by atoms with van der Waals surface area (Å²) in [6.07, 6.45) is 3.42. The Labute approximate surface area is 148 Å². The average molecular weight is 388 g/mol. The average Bonchev–Trinajstić information content (AvgIpc) is 3.05. The van der Waals surface area contributed by atoms with Gasteiger partial charge in [-0.1, -0.05) is 12.1 Å². The van der Waals surface area contributed by atoms with Crippen LogP contribution in [0.15, 0.2) is 47.2 Å². The second kappa shape index (κ2) is 7.00. The third kappa shape index (κ3) is 4.11. The van der Waals surface area contributed by atoms with Crippen molar-refractivity contribution in [3.63, 3.8) is 0 Å². The Morgan fingerprint density at radius 3 is 2.79 bits per heavy atom. The summed E-state index contributed by atoms with van der Waals surface area (Å²) in [6.45, 7) is 4.87. The number of aryl methyl sites for hydroxylation is 2. The molecule has 2 aromatic heterocycles. The lowest BCUT2D eigenvalue weighted by molar-refractivity contribution is -0.116. The first-order valence-electron chi connectivity index (χ1n) is 7.57. The van der Waals surface area contributed by atoms with E-state index in [4.69, 9.17) is 0 Å². The lowest BCUT2D eigenvalue weighted by Crippen LogP contribution is -2.19. The smallest absolute Gasteiger partial charge is 0.246 e. The van der Waals surface area contributed by atoms with E-state index in [2.05, 4.69) is 31.4 Å². The van der Waals surface area contributed by atoms with Crippen molar-refractivity contribution in [2.24, 2.45) is 0 Å². The molecule has 0 atom stereocenters. The molecular weight excluding hydrogens is 370 g/mol. The van der Waals surface area contributed by atoms with Crippen LogP contribution in [0.5, 0.6) is 0 Å². The highest BCUT2D eigenvalue weighted by atomic mass is 79.9. The van der Waals surface area contributed by atoms with Crippen molar-refractivity contribution in [2.45, 2.75) is 26.9 Å².